The molecule has 24 heavy (non-hydrogen) atoms. The third kappa shape index (κ3) is 5.76. The van der Waals surface area contributed by atoms with Crippen LogP contribution in [0.2, 0.25) is 0 Å². The fourth-order valence-corrected chi connectivity index (χ4v) is 2.00. The summed E-state index contributed by atoms with van der Waals surface area (Å²) >= 11 is 0. The Morgan fingerprint density at radius 2 is 1.62 bits per heavy atom. The Hall–Kier alpha value is -2.82. The molecule has 2 aromatic rings. The number of benzene rings is 2. The Morgan fingerprint density at radius 3 is 2.25 bits per heavy atom. The molecule has 0 atom stereocenters. The van der Waals surface area contributed by atoms with Gasteiger partial charge in [0.15, 0.2) is 6.61 Å². The van der Waals surface area contributed by atoms with Crippen molar-refractivity contribution in [1.82, 2.24) is 5.43 Å². The van der Waals surface area contributed by atoms with Gasteiger partial charge in [-0.2, -0.15) is 5.10 Å². The molecule has 0 saturated heterocycles. The van der Waals surface area contributed by atoms with Crippen LogP contribution in [0.3, 0.4) is 0 Å². The van der Waals surface area contributed by atoms with Crippen LogP contribution in [0, 0.1) is 0 Å². The van der Waals surface area contributed by atoms with Crippen molar-refractivity contribution in [3.8, 4) is 11.5 Å². The van der Waals surface area contributed by atoms with Gasteiger partial charge in [0.25, 0.3) is 5.91 Å². The third-order valence-corrected chi connectivity index (χ3v) is 3.30. The van der Waals surface area contributed by atoms with Gasteiger partial charge in [-0.25, -0.2) is 5.43 Å². The van der Waals surface area contributed by atoms with Crippen LogP contribution in [0.15, 0.2) is 53.6 Å². The van der Waals surface area contributed by atoms with Crippen molar-refractivity contribution >= 4 is 12.1 Å². The van der Waals surface area contributed by atoms with Crippen molar-refractivity contribution in [2.75, 3.05) is 13.2 Å². The molecule has 126 valence electrons. The van der Waals surface area contributed by atoms with Crippen LogP contribution in [0.5, 0.6) is 11.5 Å². The molecular weight excluding hydrogens is 304 g/mol. The van der Waals surface area contributed by atoms with Gasteiger partial charge in [-0.05, 0) is 60.9 Å². The summed E-state index contributed by atoms with van der Waals surface area (Å²) in [6, 6.07) is 15.1. The number of nitrogens with one attached hydrogen (secondary N) is 1. The van der Waals surface area contributed by atoms with E-state index in [1.807, 2.05) is 55.5 Å². The first-order valence-corrected chi connectivity index (χ1v) is 7.97. The van der Waals surface area contributed by atoms with Crippen LogP contribution in [0.4, 0.5) is 0 Å². The smallest absolute Gasteiger partial charge is 0.277 e. The first-order chi connectivity index (χ1) is 11.7. The quantitative estimate of drug-likeness (QED) is 0.599. The molecule has 0 bridgehead atoms. The summed E-state index contributed by atoms with van der Waals surface area (Å²) < 4.78 is 10.8. The van der Waals surface area contributed by atoms with Crippen molar-refractivity contribution in [2.45, 2.75) is 20.3 Å². The van der Waals surface area contributed by atoms with Crippen molar-refractivity contribution < 1.29 is 14.3 Å². The molecule has 0 aromatic heterocycles. The zero-order chi connectivity index (χ0) is 17.2. The molecular formula is C19H22N2O3. The molecule has 5 heteroatoms. The maximum absolute atomic E-state index is 11.7. The lowest BCUT2D eigenvalue weighted by Crippen LogP contribution is -2.24. The summed E-state index contributed by atoms with van der Waals surface area (Å²) in [5.74, 6) is 1.16. The van der Waals surface area contributed by atoms with E-state index in [4.69, 9.17) is 9.47 Å². The largest absolute Gasteiger partial charge is 0.494 e. The fourth-order valence-electron chi connectivity index (χ4n) is 2.00. The second-order valence-corrected chi connectivity index (χ2v) is 5.08. The molecule has 0 aliphatic rings. The fraction of sp³-hybridized carbons (Fsp3) is 0.263. The highest BCUT2D eigenvalue weighted by Crippen LogP contribution is 2.12. The van der Waals surface area contributed by atoms with Crippen molar-refractivity contribution in [3.63, 3.8) is 0 Å². The maximum Gasteiger partial charge on any atom is 0.277 e. The van der Waals surface area contributed by atoms with E-state index >= 15 is 0 Å². The Bertz CT molecular complexity index is 664. The van der Waals surface area contributed by atoms with Gasteiger partial charge in [0.1, 0.15) is 11.5 Å². The zero-order valence-corrected chi connectivity index (χ0v) is 14.0. The van der Waals surface area contributed by atoms with Gasteiger partial charge < -0.3 is 9.47 Å². The lowest BCUT2D eigenvalue weighted by atomic mass is 10.2. The summed E-state index contributed by atoms with van der Waals surface area (Å²) in [4.78, 5) is 11.7. The van der Waals surface area contributed by atoms with Gasteiger partial charge in [-0.1, -0.05) is 19.1 Å². The lowest BCUT2D eigenvalue weighted by molar-refractivity contribution is -0.123. The number of aryl methyl sites for hydroxylation is 1. The van der Waals surface area contributed by atoms with Crippen LogP contribution < -0.4 is 14.9 Å². The molecule has 1 N–H and O–H groups in total. The van der Waals surface area contributed by atoms with Crippen LogP contribution in [0.1, 0.15) is 25.0 Å². The number of ether oxygens (including phenoxy) is 2. The van der Waals surface area contributed by atoms with Gasteiger partial charge in [0.05, 0.1) is 12.8 Å². The molecule has 0 saturated carbocycles. The Kier molecular flexibility index (Phi) is 6.83. The van der Waals surface area contributed by atoms with Gasteiger partial charge in [-0.15, -0.1) is 0 Å². The monoisotopic (exact) mass is 326 g/mol. The lowest BCUT2D eigenvalue weighted by Gasteiger charge is -2.05. The topological polar surface area (TPSA) is 59.9 Å². The van der Waals surface area contributed by atoms with E-state index in [9.17, 15) is 4.79 Å². The van der Waals surface area contributed by atoms with E-state index in [1.54, 1.807) is 6.21 Å². The van der Waals surface area contributed by atoms with Crippen molar-refractivity contribution in [2.24, 2.45) is 5.10 Å². The Labute approximate surface area is 142 Å². The molecule has 0 aliphatic heterocycles. The minimum Gasteiger partial charge on any atom is -0.494 e. The summed E-state index contributed by atoms with van der Waals surface area (Å²) in [6.45, 7) is 4.58. The van der Waals surface area contributed by atoms with Gasteiger partial charge in [-0.3, -0.25) is 4.79 Å². The molecule has 5 nitrogen and oxygen atoms in total. The molecule has 2 rings (SSSR count). The number of nitrogens with zero attached hydrogens (tertiary/aromatic N) is 1. The Balaban J connectivity index is 1.75. The highest BCUT2D eigenvalue weighted by Gasteiger charge is 2.01. The summed E-state index contributed by atoms with van der Waals surface area (Å²) in [7, 11) is 0. The normalized spacial score (nSPS) is 10.6. The molecule has 0 fully saturated rings. The molecule has 0 aliphatic carbocycles. The van der Waals surface area contributed by atoms with E-state index in [1.165, 1.54) is 5.56 Å². The van der Waals surface area contributed by atoms with Gasteiger partial charge >= 0.3 is 0 Å². The average molecular weight is 326 g/mol. The van der Waals surface area contributed by atoms with E-state index < -0.39 is 0 Å². The van der Waals surface area contributed by atoms with Crippen LogP contribution >= 0.6 is 0 Å². The van der Waals surface area contributed by atoms with E-state index in [0.29, 0.717) is 12.4 Å². The molecule has 1 amide bonds. The predicted molar refractivity (Wildman–Crippen MR) is 94.7 cm³/mol. The number of hydrazone groups is 1. The number of carbonyl (C=O) groups excluding carboxylic acids is 1. The van der Waals surface area contributed by atoms with E-state index in [-0.39, 0.29) is 12.5 Å². The van der Waals surface area contributed by atoms with Gasteiger partial charge in [0.2, 0.25) is 0 Å². The molecule has 0 heterocycles. The van der Waals surface area contributed by atoms with E-state index in [2.05, 4.69) is 17.5 Å². The number of hydrogen-bond donors (Lipinski definition) is 1. The first-order valence-electron chi connectivity index (χ1n) is 7.97. The van der Waals surface area contributed by atoms with Crippen LogP contribution in [-0.4, -0.2) is 25.3 Å². The molecule has 2 aromatic carbocycles. The predicted octanol–water partition coefficient (Wildman–Crippen LogP) is 3.18. The number of rotatable bonds is 8. The van der Waals surface area contributed by atoms with Crippen LogP contribution in [0.25, 0.3) is 0 Å². The number of hydrogen-bond acceptors (Lipinski definition) is 4. The van der Waals surface area contributed by atoms with Gasteiger partial charge in [0, 0.05) is 0 Å². The summed E-state index contributed by atoms with van der Waals surface area (Å²) in [5.41, 5.74) is 4.54. The second-order valence-electron chi connectivity index (χ2n) is 5.08. The molecule has 0 spiro atoms. The highest BCUT2D eigenvalue weighted by molar-refractivity contribution is 5.83. The molecule has 0 unspecified atom stereocenters. The van der Waals surface area contributed by atoms with Crippen molar-refractivity contribution in [1.29, 1.82) is 0 Å². The SMILES string of the molecule is CCOc1ccc(/C=N\NC(=O)COc2ccc(CC)cc2)cc1. The third-order valence-electron chi connectivity index (χ3n) is 3.30. The van der Waals surface area contributed by atoms with Crippen LogP contribution in [-0.2, 0) is 11.2 Å². The Morgan fingerprint density at radius 1 is 1.00 bits per heavy atom. The minimum absolute atomic E-state index is 0.0773. The molecule has 0 radical (unpaired) electrons. The number of carbonyl (C=O) groups is 1. The van der Waals surface area contributed by atoms with Crippen molar-refractivity contribution in [3.05, 3.63) is 59.7 Å². The maximum atomic E-state index is 11.7. The average Bonchev–Trinajstić information content (AvgIpc) is 2.62. The standard InChI is InChI=1S/C19H22N2O3/c1-3-15-5-9-18(10-6-15)24-14-19(22)21-20-13-16-7-11-17(12-8-16)23-4-2/h5-13H,3-4,14H2,1-2H3,(H,21,22)/b20-13-. The highest BCUT2D eigenvalue weighted by atomic mass is 16.5. The summed E-state index contributed by atoms with van der Waals surface area (Å²) in [6.07, 6.45) is 2.55. The second kappa shape index (κ2) is 9.35. The zero-order valence-electron chi connectivity index (χ0n) is 14.0. The number of amides is 1. The summed E-state index contributed by atoms with van der Waals surface area (Å²) in [5, 5.41) is 3.91. The van der Waals surface area contributed by atoms with E-state index in [0.717, 1.165) is 17.7 Å². The first kappa shape index (κ1) is 17.5. The minimum atomic E-state index is -0.309.